The Morgan fingerprint density at radius 2 is 1.62 bits per heavy atom. The van der Waals surface area contributed by atoms with E-state index in [1.54, 1.807) is 0 Å². The Morgan fingerprint density at radius 1 is 0.969 bits per heavy atom. The lowest BCUT2D eigenvalue weighted by molar-refractivity contribution is 0.0631. The van der Waals surface area contributed by atoms with E-state index < -0.39 is 0 Å². The number of hydrogen-bond donors (Lipinski definition) is 0. The Bertz CT molecular complexity index is 1200. The largest absolute Gasteiger partial charge is 0.361 e. The summed E-state index contributed by atoms with van der Waals surface area (Å²) >= 11 is 1.48. The summed E-state index contributed by atoms with van der Waals surface area (Å²) in [5, 5.41) is 4.95. The topological polar surface area (TPSA) is 62.5 Å². The molecule has 0 N–H and O–H groups in total. The quantitative estimate of drug-likeness (QED) is 0.445. The smallest absolute Gasteiger partial charge is 0.266 e. The van der Waals surface area contributed by atoms with Crippen molar-refractivity contribution in [3.8, 4) is 21.8 Å². The van der Waals surface area contributed by atoms with Gasteiger partial charge in [0.05, 0.1) is 11.4 Å². The number of nitrogens with zero attached hydrogens (tertiary/aromatic N) is 4. The van der Waals surface area contributed by atoms with Crippen LogP contribution in [-0.4, -0.2) is 52.0 Å². The van der Waals surface area contributed by atoms with E-state index in [-0.39, 0.29) is 5.91 Å². The molecule has 2 aromatic heterocycles. The third kappa shape index (κ3) is 4.35. The maximum absolute atomic E-state index is 13.6. The molecule has 0 atom stereocenters. The minimum atomic E-state index is 0.0560. The highest BCUT2D eigenvalue weighted by Gasteiger charge is 2.27. The molecule has 7 heteroatoms. The number of aromatic nitrogens is 2. The number of piperazine rings is 1. The van der Waals surface area contributed by atoms with E-state index in [2.05, 4.69) is 10.1 Å². The molecule has 5 rings (SSSR count). The van der Waals surface area contributed by atoms with Gasteiger partial charge >= 0.3 is 0 Å². The zero-order valence-corrected chi connectivity index (χ0v) is 18.7. The fourth-order valence-corrected chi connectivity index (χ4v) is 5.00. The fourth-order valence-electron chi connectivity index (χ4n) is 3.94. The molecule has 0 bridgehead atoms. The second kappa shape index (κ2) is 9.06. The third-order valence-corrected chi connectivity index (χ3v) is 6.70. The van der Waals surface area contributed by atoms with Gasteiger partial charge in [-0.25, -0.2) is 4.98 Å². The van der Waals surface area contributed by atoms with Crippen molar-refractivity contribution in [3.05, 3.63) is 83.1 Å². The number of aryl methyl sites for hydroxylation is 1. The summed E-state index contributed by atoms with van der Waals surface area (Å²) in [6, 6.07) is 22.0. The highest BCUT2D eigenvalue weighted by atomic mass is 32.1. The van der Waals surface area contributed by atoms with Crippen molar-refractivity contribution in [3.63, 3.8) is 0 Å². The van der Waals surface area contributed by atoms with Gasteiger partial charge in [0.15, 0.2) is 0 Å². The average molecular weight is 445 g/mol. The molecule has 0 spiro atoms. The predicted molar refractivity (Wildman–Crippen MR) is 125 cm³/mol. The van der Waals surface area contributed by atoms with E-state index in [0.29, 0.717) is 18.0 Å². The van der Waals surface area contributed by atoms with Gasteiger partial charge in [-0.1, -0.05) is 65.8 Å². The van der Waals surface area contributed by atoms with Gasteiger partial charge < -0.3 is 9.42 Å². The van der Waals surface area contributed by atoms with Crippen LogP contribution in [0.5, 0.6) is 0 Å². The number of carbonyl (C=O) groups excluding carboxylic acids is 1. The van der Waals surface area contributed by atoms with Crippen LogP contribution in [0.1, 0.15) is 21.1 Å². The zero-order valence-electron chi connectivity index (χ0n) is 17.9. The first-order valence-electron chi connectivity index (χ1n) is 10.7. The van der Waals surface area contributed by atoms with Crippen LogP contribution < -0.4 is 0 Å². The summed E-state index contributed by atoms with van der Waals surface area (Å²) in [7, 11) is 0. The summed E-state index contributed by atoms with van der Waals surface area (Å²) in [6.45, 7) is 5.62. The molecule has 1 fully saturated rings. The molecule has 6 nitrogen and oxygen atoms in total. The lowest BCUT2D eigenvalue weighted by atomic mass is 10.1. The fraction of sp³-hybridized carbons (Fsp3) is 0.240. The Morgan fingerprint density at radius 3 is 2.25 bits per heavy atom. The van der Waals surface area contributed by atoms with Crippen molar-refractivity contribution < 1.29 is 9.32 Å². The monoisotopic (exact) mass is 444 g/mol. The molecule has 1 aliphatic rings. The highest BCUT2D eigenvalue weighted by molar-refractivity contribution is 7.17. The molecule has 162 valence electrons. The Balaban J connectivity index is 1.36. The van der Waals surface area contributed by atoms with E-state index in [1.165, 1.54) is 11.3 Å². The molecule has 0 aliphatic carbocycles. The normalized spacial score (nSPS) is 14.6. The molecule has 0 unspecified atom stereocenters. The minimum Gasteiger partial charge on any atom is -0.361 e. The summed E-state index contributed by atoms with van der Waals surface area (Å²) < 4.78 is 5.17. The second-order valence-electron chi connectivity index (χ2n) is 7.93. The standard InChI is InChI=1S/C25H24N4O2S/c1-18-16-21(27-31-18)17-28-12-14-29(15-13-28)25(30)23-22(19-8-4-2-5-9-19)26-24(32-23)20-10-6-3-7-11-20/h2-11,16H,12-15,17H2,1H3. The number of hydrogen-bond acceptors (Lipinski definition) is 6. The highest BCUT2D eigenvalue weighted by Crippen LogP contribution is 2.34. The summed E-state index contributed by atoms with van der Waals surface area (Å²) in [4.78, 5) is 23.4. The Labute approximate surface area is 191 Å². The maximum Gasteiger partial charge on any atom is 0.266 e. The SMILES string of the molecule is Cc1cc(CN2CCN(C(=O)c3sc(-c4ccccc4)nc3-c3ccccc3)CC2)no1. The molecule has 3 heterocycles. The molecule has 1 amide bonds. The summed E-state index contributed by atoms with van der Waals surface area (Å²) in [5.74, 6) is 0.877. The van der Waals surface area contributed by atoms with E-state index >= 15 is 0 Å². The third-order valence-electron chi connectivity index (χ3n) is 5.61. The molecular weight excluding hydrogens is 420 g/mol. The van der Waals surface area contributed by atoms with E-state index in [0.717, 1.165) is 52.9 Å². The van der Waals surface area contributed by atoms with Gasteiger partial charge in [-0.2, -0.15) is 0 Å². The molecule has 32 heavy (non-hydrogen) atoms. The van der Waals surface area contributed by atoms with Crippen LogP contribution in [0.3, 0.4) is 0 Å². The summed E-state index contributed by atoms with van der Waals surface area (Å²) in [6.07, 6.45) is 0. The van der Waals surface area contributed by atoms with Crippen molar-refractivity contribution in [1.82, 2.24) is 19.9 Å². The maximum atomic E-state index is 13.6. The lowest BCUT2D eigenvalue weighted by Crippen LogP contribution is -2.48. The Kier molecular flexibility index (Phi) is 5.83. The molecular formula is C25H24N4O2S. The van der Waals surface area contributed by atoms with Crippen LogP contribution in [0.2, 0.25) is 0 Å². The van der Waals surface area contributed by atoms with Gasteiger partial charge in [-0.05, 0) is 6.92 Å². The van der Waals surface area contributed by atoms with Crippen molar-refractivity contribution in [2.75, 3.05) is 26.2 Å². The predicted octanol–water partition coefficient (Wildman–Crippen LogP) is 4.73. The van der Waals surface area contributed by atoms with Gasteiger partial charge in [-0.15, -0.1) is 11.3 Å². The van der Waals surface area contributed by atoms with Crippen LogP contribution in [0, 0.1) is 6.92 Å². The van der Waals surface area contributed by atoms with Gasteiger partial charge in [0.1, 0.15) is 15.6 Å². The zero-order chi connectivity index (χ0) is 21.9. The van der Waals surface area contributed by atoms with Crippen LogP contribution >= 0.6 is 11.3 Å². The molecule has 4 aromatic rings. The second-order valence-corrected chi connectivity index (χ2v) is 8.93. The van der Waals surface area contributed by atoms with Crippen molar-refractivity contribution in [2.45, 2.75) is 13.5 Å². The van der Waals surface area contributed by atoms with Crippen molar-refractivity contribution >= 4 is 17.2 Å². The minimum absolute atomic E-state index is 0.0560. The van der Waals surface area contributed by atoms with E-state index in [1.807, 2.05) is 78.6 Å². The first-order chi connectivity index (χ1) is 15.7. The molecule has 0 saturated carbocycles. The molecule has 0 radical (unpaired) electrons. The lowest BCUT2D eigenvalue weighted by Gasteiger charge is -2.34. The average Bonchev–Trinajstić information content (AvgIpc) is 3.47. The van der Waals surface area contributed by atoms with Crippen molar-refractivity contribution in [1.29, 1.82) is 0 Å². The number of carbonyl (C=O) groups is 1. The summed E-state index contributed by atoms with van der Waals surface area (Å²) in [5.41, 5.74) is 3.69. The van der Waals surface area contributed by atoms with Crippen LogP contribution in [0.15, 0.2) is 71.3 Å². The first-order valence-corrected chi connectivity index (χ1v) is 11.5. The molecule has 1 aliphatic heterocycles. The van der Waals surface area contributed by atoms with Crippen molar-refractivity contribution in [2.24, 2.45) is 0 Å². The molecule has 2 aromatic carbocycles. The van der Waals surface area contributed by atoms with Gasteiger partial charge in [0.2, 0.25) is 0 Å². The van der Waals surface area contributed by atoms with Crippen LogP contribution in [-0.2, 0) is 6.54 Å². The Hall–Kier alpha value is -3.29. The van der Waals surface area contributed by atoms with E-state index in [9.17, 15) is 4.79 Å². The van der Waals surface area contributed by atoms with E-state index in [4.69, 9.17) is 9.51 Å². The number of amides is 1. The number of rotatable bonds is 5. The number of thiazole rings is 1. The first kappa shape index (κ1) is 20.6. The van der Waals surface area contributed by atoms with Gasteiger partial charge in [-0.3, -0.25) is 9.69 Å². The van der Waals surface area contributed by atoms with Crippen LogP contribution in [0.4, 0.5) is 0 Å². The number of benzene rings is 2. The van der Waals surface area contributed by atoms with Gasteiger partial charge in [0, 0.05) is 49.9 Å². The van der Waals surface area contributed by atoms with Crippen LogP contribution in [0.25, 0.3) is 21.8 Å². The van der Waals surface area contributed by atoms with Gasteiger partial charge in [0.25, 0.3) is 5.91 Å². The molecule has 1 saturated heterocycles.